The van der Waals surface area contributed by atoms with Crippen LogP contribution in [0.5, 0.6) is 5.75 Å². The van der Waals surface area contributed by atoms with Gasteiger partial charge in [-0.15, -0.1) is 0 Å². The first-order valence-corrected chi connectivity index (χ1v) is 3.03. The summed E-state index contributed by atoms with van der Waals surface area (Å²) in [5, 5.41) is 17.3. The summed E-state index contributed by atoms with van der Waals surface area (Å²) in [6.07, 6.45) is 0. The molecule has 0 saturated carbocycles. The molecule has 4 nitrogen and oxygen atoms in total. The standard InChI is InChI=1S/C7H6FNO3/c8-4-1-3(7(11)12)2-5(10)6(4)9/h1-2,10H,9H2,(H,11,12). The Labute approximate surface area is 67.1 Å². The number of carbonyl (C=O) groups is 1. The van der Waals surface area contributed by atoms with E-state index in [1.807, 2.05) is 0 Å². The van der Waals surface area contributed by atoms with Crippen LogP contribution in [-0.4, -0.2) is 16.2 Å². The minimum Gasteiger partial charge on any atom is -0.506 e. The maximum atomic E-state index is 12.7. The summed E-state index contributed by atoms with van der Waals surface area (Å²) in [6, 6.07) is 1.64. The number of halogens is 1. The molecule has 4 N–H and O–H groups in total. The summed E-state index contributed by atoms with van der Waals surface area (Å²) in [5.74, 6) is -2.82. The van der Waals surface area contributed by atoms with Crippen LogP contribution < -0.4 is 5.73 Å². The Morgan fingerprint density at radius 2 is 2.08 bits per heavy atom. The zero-order valence-corrected chi connectivity index (χ0v) is 5.91. The summed E-state index contributed by atoms with van der Waals surface area (Å²) < 4.78 is 12.7. The van der Waals surface area contributed by atoms with E-state index in [-0.39, 0.29) is 5.56 Å². The number of carboxylic acid groups (broad SMARTS) is 1. The second-order valence-electron chi connectivity index (χ2n) is 2.20. The molecule has 64 valence electrons. The minimum atomic E-state index is -1.32. The van der Waals surface area contributed by atoms with E-state index in [2.05, 4.69) is 0 Å². The molecule has 0 aliphatic heterocycles. The zero-order chi connectivity index (χ0) is 9.30. The number of hydrogen-bond acceptors (Lipinski definition) is 3. The van der Waals surface area contributed by atoms with Gasteiger partial charge in [-0.2, -0.15) is 0 Å². The highest BCUT2D eigenvalue weighted by Crippen LogP contribution is 2.24. The molecule has 0 amide bonds. The molecule has 1 aromatic rings. The Hall–Kier alpha value is -1.78. The van der Waals surface area contributed by atoms with E-state index < -0.39 is 23.2 Å². The third kappa shape index (κ3) is 1.29. The average molecular weight is 171 g/mol. The van der Waals surface area contributed by atoms with Gasteiger partial charge in [-0.1, -0.05) is 0 Å². The molecule has 0 unspecified atom stereocenters. The Balaban J connectivity index is 3.31. The van der Waals surface area contributed by atoms with Crippen molar-refractivity contribution in [1.29, 1.82) is 0 Å². The van der Waals surface area contributed by atoms with Crippen molar-refractivity contribution in [2.45, 2.75) is 0 Å². The van der Waals surface area contributed by atoms with Crippen molar-refractivity contribution in [3.63, 3.8) is 0 Å². The van der Waals surface area contributed by atoms with Crippen LogP contribution in [0.1, 0.15) is 10.4 Å². The third-order valence-corrected chi connectivity index (χ3v) is 1.35. The highest BCUT2D eigenvalue weighted by atomic mass is 19.1. The molecule has 0 spiro atoms. The van der Waals surface area contributed by atoms with Gasteiger partial charge in [-0.05, 0) is 12.1 Å². The van der Waals surface area contributed by atoms with E-state index in [1.54, 1.807) is 0 Å². The molecule has 0 fully saturated rings. The Morgan fingerprint density at radius 3 is 2.50 bits per heavy atom. The van der Waals surface area contributed by atoms with Crippen molar-refractivity contribution < 1.29 is 19.4 Å². The van der Waals surface area contributed by atoms with Gasteiger partial charge in [-0.25, -0.2) is 9.18 Å². The van der Waals surface area contributed by atoms with Gasteiger partial charge in [-0.3, -0.25) is 0 Å². The quantitative estimate of drug-likeness (QED) is 0.431. The fourth-order valence-corrected chi connectivity index (χ4v) is 0.727. The molecule has 0 bridgehead atoms. The van der Waals surface area contributed by atoms with Gasteiger partial charge in [0.15, 0.2) is 5.82 Å². The molecule has 0 radical (unpaired) electrons. The number of anilines is 1. The molecule has 0 saturated heterocycles. The topological polar surface area (TPSA) is 83.5 Å². The second-order valence-corrected chi connectivity index (χ2v) is 2.20. The minimum absolute atomic E-state index is 0.334. The largest absolute Gasteiger partial charge is 0.506 e. The van der Waals surface area contributed by atoms with Gasteiger partial charge < -0.3 is 15.9 Å². The maximum absolute atomic E-state index is 12.7. The van der Waals surface area contributed by atoms with Crippen LogP contribution in [0.2, 0.25) is 0 Å². The SMILES string of the molecule is Nc1c(O)cc(C(=O)O)cc1F. The van der Waals surface area contributed by atoms with Crippen molar-refractivity contribution in [3.05, 3.63) is 23.5 Å². The lowest BCUT2D eigenvalue weighted by molar-refractivity contribution is 0.0696. The van der Waals surface area contributed by atoms with Gasteiger partial charge >= 0.3 is 5.97 Å². The summed E-state index contributed by atoms with van der Waals surface area (Å²) in [7, 11) is 0. The van der Waals surface area contributed by atoms with Gasteiger partial charge in [0.1, 0.15) is 11.4 Å². The first-order chi connectivity index (χ1) is 5.52. The van der Waals surface area contributed by atoms with Crippen LogP contribution in [0.3, 0.4) is 0 Å². The van der Waals surface area contributed by atoms with Crippen LogP contribution >= 0.6 is 0 Å². The monoisotopic (exact) mass is 171 g/mol. The molecular formula is C7H6FNO3. The molecular weight excluding hydrogens is 165 g/mol. The van der Waals surface area contributed by atoms with E-state index in [4.69, 9.17) is 15.9 Å². The lowest BCUT2D eigenvalue weighted by Crippen LogP contribution is -1.99. The van der Waals surface area contributed by atoms with E-state index >= 15 is 0 Å². The smallest absolute Gasteiger partial charge is 0.335 e. The molecule has 0 heterocycles. The molecule has 0 aromatic heterocycles. The van der Waals surface area contributed by atoms with Crippen LogP contribution in [0, 0.1) is 5.82 Å². The van der Waals surface area contributed by atoms with Crippen molar-refractivity contribution in [3.8, 4) is 5.75 Å². The van der Waals surface area contributed by atoms with Crippen LogP contribution in [0.25, 0.3) is 0 Å². The normalized spacial score (nSPS) is 9.75. The number of rotatable bonds is 1. The maximum Gasteiger partial charge on any atom is 0.335 e. The fraction of sp³-hybridized carbons (Fsp3) is 0. The predicted molar refractivity (Wildman–Crippen MR) is 39.4 cm³/mol. The Bertz CT molecular complexity index is 314. The third-order valence-electron chi connectivity index (χ3n) is 1.35. The number of nitrogens with two attached hydrogens (primary N) is 1. The highest BCUT2D eigenvalue weighted by Gasteiger charge is 2.10. The lowest BCUT2D eigenvalue weighted by Gasteiger charge is -2.01. The average Bonchev–Trinajstić information content (AvgIpc) is 1.99. The number of phenols is 1. The number of nitrogen functional groups attached to an aromatic ring is 1. The molecule has 5 heteroatoms. The number of hydrogen-bond donors (Lipinski definition) is 3. The number of aromatic hydroxyl groups is 1. The molecule has 0 atom stereocenters. The zero-order valence-electron chi connectivity index (χ0n) is 5.91. The van der Waals surface area contributed by atoms with E-state index in [0.29, 0.717) is 0 Å². The van der Waals surface area contributed by atoms with Crippen molar-refractivity contribution in [1.82, 2.24) is 0 Å². The molecule has 0 aliphatic carbocycles. The van der Waals surface area contributed by atoms with Crippen molar-refractivity contribution in [2.75, 3.05) is 5.73 Å². The molecule has 0 aliphatic rings. The summed E-state index contributed by atoms with van der Waals surface area (Å²) in [4.78, 5) is 10.3. The first kappa shape index (κ1) is 8.32. The second kappa shape index (κ2) is 2.69. The summed E-state index contributed by atoms with van der Waals surface area (Å²) in [6.45, 7) is 0. The fourth-order valence-electron chi connectivity index (χ4n) is 0.727. The van der Waals surface area contributed by atoms with Crippen LogP contribution in [0.4, 0.5) is 10.1 Å². The van der Waals surface area contributed by atoms with Gasteiger partial charge in [0.2, 0.25) is 0 Å². The van der Waals surface area contributed by atoms with Crippen molar-refractivity contribution >= 4 is 11.7 Å². The molecule has 1 aromatic carbocycles. The van der Waals surface area contributed by atoms with Crippen molar-refractivity contribution in [2.24, 2.45) is 0 Å². The Kier molecular flexibility index (Phi) is 1.86. The van der Waals surface area contributed by atoms with Crippen LogP contribution in [-0.2, 0) is 0 Å². The van der Waals surface area contributed by atoms with E-state index in [0.717, 1.165) is 12.1 Å². The number of benzene rings is 1. The first-order valence-electron chi connectivity index (χ1n) is 3.03. The van der Waals surface area contributed by atoms with Gasteiger partial charge in [0.05, 0.1) is 5.56 Å². The number of phenolic OH excluding ortho intramolecular Hbond substituents is 1. The van der Waals surface area contributed by atoms with Gasteiger partial charge in [0, 0.05) is 0 Å². The molecule has 12 heavy (non-hydrogen) atoms. The summed E-state index contributed by atoms with van der Waals surface area (Å²) >= 11 is 0. The van der Waals surface area contributed by atoms with E-state index in [1.165, 1.54) is 0 Å². The number of aromatic carboxylic acids is 1. The lowest BCUT2D eigenvalue weighted by atomic mass is 10.2. The molecule has 1 rings (SSSR count). The predicted octanol–water partition coefficient (Wildman–Crippen LogP) is 0.812. The van der Waals surface area contributed by atoms with E-state index in [9.17, 15) is 9.18 Å². The Morgan fingerprint density at radius 1 is 1.50 bits per heavy atom. The van der Waals surface area contributed by atoms with Crippen LogP contribution in [0.15, 0.2) is 12.1 Å². The highest BCUT2D eigenvalue weighted by molar-refractivity contribution is 5.89. The summed E-state index contributed by atoms with van der Waals surface area (Å²) in [5.41, 5.74) is 4.25. The number of carboxylic acids is 1. The van der Waals surface area contributed by atoms with Gasteiger partial charge in [0.25, 0.3) is 0 Å².